The number of benzene rings is 2. The number of nitrogen functional groups attached to an aromatic ring is 1. The standard InChI is InChI=1S/C12H9Br2ClN2O2S/c13-7-1-4-12(9(14)5-7)20(18,19)17-11-6-8(16)2-3-10(11)15/h1-6,17H,16H2. The van der Waals surface area contributed by atoms with Crippen LogP contribution in [0.1, 0.15) is 0 Å². The van der Waals surface area contributed by atoms with Crippen LogP contribution in [-0.4, -0.2) is 8.42 Å². The Morgan fingerprint density at radius 1 is 1.10 bits per heavy atom. The van der Waals surface area contributed by atoms with E-state index in [2.05, 4.69) is 36.6 Å². The summed E-state index contributed by atoms with van der Waals surface area (Å²) in [4.78, 5) is 0.110. The lowest BCUT2D eigenvalue weighted by molar-refractivity contribution is 0.601. The van der Waals surface area contributed by atoms with E-state index in [1.54, 1.807) is 18.2 Å². The van der Waals surface area contributed by atoms with Crippen LogP contribution < -0.4 is 10.5 Å². The molecule has 0 unspecified atom stereocenters. The van der Waals surface area contributed by atoms with Crippen molar-refractivity contribution in [3.05, 3.63) is 50.4 Å². The first-order chi connectivity index (χ1) is 9.29. The van der Waals surface area contributed by atoms with Crippen LogP contribution in [0.15, 0.2) is 50.2 Å². The first-order valence-corrected chi connectivity index (χ1v) is 8.77. The minimum absolute atomic E-state index is 0.110. The molecule has 0 heterocycles. The van der Waals surface area contributed by atoms with Crippen LogP contribution in [0.5, 0.6) is 0 Å². The van der Waals surface area contributed by atoms with Crippen molar-refractivity contribution in [1.82, 2.24) is 0 Å². The highest BCUT2D eigenvalue weighted by Gasteiger charge is 2.19. The van der Waals surface area contributed by atoms with E-state index < -0.39 is 10.0 Å². The molecule has 0 amide bonds. The predicted octanol–water partition coefficient (Wildman–Crippen LogP) is 4.25. The van der Waals surface area contributed by atoms with Gasteiger partial charge in [-0.3, -0.25) is 4.72 Å². The summed E-state index contributed by atoms with van der Waals surface area (Å²) in [6.07, 6.45) is 0. The summed E-state index contributed by atoms with van der Waals surface area (Å²) in [5.74, 6) is 0. The van der Waals surface area contributed by atoms with Crippen LogP contribution in [-0.2, 0) is 10.0 Å². The van der Waals surface area contributed by atoms with Gasteiger partial charge in [0, 0.05) is 14.6 Å². The van der Waals surface area contributed by atoms with Gasteiger partial charge in [-0.05, 0) is 52.3 Å². The molecule has 0 aliphatic rings. The third-order valence-electron chi connectivity index (χ3n) is 2.42. The molecule has 0 atom stereocenters. The number of hydrogen-bond donors (Lipinski definition) is 2. The SMILES string of the molecule is Nc1ccc(Cl)c(NS(=O)(=O)c2ccc(Br)cc2Br)c1. The van der Waals surface area contributed by atoms with E-state index in [9.17, 15) is 8.42 Å². The number of nitrogens with one attached hydrogen (secondary N) is 1. The van der Waals surface area contributed by atoms with Gasteiger partial charge in [0.15, 0.2) is 0 Å². The molecule has 0 saturated carbocycles. The van der Waals surface area contributed by atoms with E-state index in [0.717, 1.165) is 4.47 Å². The molecule has 3 N–H and O–H groups in total. The lowest BCUT2D eigenvalue weighted by atomic mass is 10.3. The largest absolute Gasteiger partial charge is 0.399 e. The topological polar surface area (TPSA) is 72.2 Å². The van der Waals surface area contributed by atoms with Crippen LogP contribution >= 0.6 is 43.5 Å². The van der Waals surface area contributed by atoms with E-state index in [0.29, 0.717) is 10.2 Å². The van der Waals surface area contributed by atoms with Crippen molar-refractivity contribution < 1.29 is 8.42 Å². The van der Waals surface area contributed by atoms with Crippen LogP contribution in [0.2, 0.25) is 5.02 Å². The van der Waals surface area contributed by atoms with Crippen molar-refractivity contribution in [2.75, 3.05) is 10.5 Å². The van der Waals surface area contributed by atoms with Gasteiger partial charge in [0.1, 0.15) is 4.90 Å². The second kappa shape index (κ2) is 5.93. The zero-order valence-electron chi connectivity index (χ0n) is 9.90. The average molecular weight is 441 g/mol. The molecule has 4 nitrogen and oxygen atoms in total. The zero-order chi connectivity index (χ0) is 14.9. The maximum Gasteiger partial charge on any atom is 0.263 e. The van der Waals surface area contributed by atoms with Gasteiger partial charge in [-0.1, -0.05) is 27.5 Å². The molecular weight excluding hydrogens is 431 g/mol. The van der Waals surface area contributed by atoms with Gasteiger partial charge in [-0.2, -0.15) is 0 Å². The summed E-state index contributed by atoms with van der Waals surface area (Å²) in [7, 11) is -3.76. The Morgan fingerprint density at radius 2 is 1.80 bits per heavy atom. The normalized spacial score (nSPS) is 11.3. The van der Waals surface area contributed by atoms with Crippen LogP contribution in [0.3, 0.4) is 0 Å². The van der Waals surface area contributed by atoms with Gasteiger partial charge in [0.25, 0.3) is 10.0 Å². The molecule has 0 fully saturated rings. The summed E-state index contributed by atoms with van der Waals surface area (Å²) in [5, 5.41) is 0.274. The Kier molecular flexibility index (Phi) is 4.63. The van der Waals surface area contributed by atoms with E-state index in [1.807, 2.05) is 0 Å². The number of nitrogens with two attached hydrogens (primary N) is 1. The number of rotatable bonds is 3. The van der Waals surface area contributed by atoms with Crippen molar-refractivity contribution in [3.8, 4) is 0 Å². The highest BCUT2D eigenvalue weighted by molar-refractivity contribution is 9.11. The van der Waals surface area contributed by atoms with Crippen molar-refractivity contribution in [1.29, 1.82) is 0 Å². The number of anilines is 2. The van der Waals surface area contributed by atoms with E-state index in [1.165, 1.54) is 18.2 Å². The van der Waals surface area contributed by atoms with Crippen LogP contribution in [0, 0.1) is 0 Å². The Bertz CT molecular complexity index is 766. The van der Waals surface area contributed by atoms with Gasteiger partial charge < -0.3 is 5.73 Å². The number of halogens is 3. The third kappa shape index (κ3) is 3.46. The fourth-order valence-electron chi connectivity index (χ4n) is 1.51. The van der Waals surface area contributed by atoms with Crippen molar-refractivity contribution in [2.24, 2.45) is 0 Å². The highest BCUT2D eigenvalue weighted by Crippen LogP contribution is 2.30. The predicted molar refractivity (Wildman–Crippen MR) is 88.5 cm³/mol. The van der Waals surface area contributed by atoms with E-state index in [-0.39, 0.29) is 15.6 Å². The summed E-state index contributed by atoms with van der Waals surface area (Å²) in [5.41, 5.74) is 6.28. The van der Waals surface area contributed by atoms with Gasteiger partial charge in [0.05, 0.1) is 10.7 Å². The minimum atomic E-state index is -3.76. The summed E-state index contributed by atoms with van der Waals surface area (Å²) >= 11 is 12.4. The number of sulfonamides is 1. The summed E-state index contributed by atoms with van der Waals surface area (Å²) < 4.78 is 28.3. The molecule has 8 heteroatoms. The van der Waals surface area contributed by atoms with Gasteiger partial charge in [0.2, 0.25) is 0 Å². The molecule has 2 aromatic carbocycles. The third-order valence-corrected chi connectivity index (χ3v) is 5.58. The second-order valence-corrected chi connectivity index (χ2v) is 7.75. The Balaban J connectivity index is 2.43. The zero-order valence-corrected chi connectivity index (χ0v) is 14.6. The molecule has 106 valence electrons. The maximum absolute atomic E-state index is 12.3. The molecule has 2 rings (SSSR count). The van der Waals surface area contributed by atoms with Crippen LogP contribution in [0.4, 0.5) is 11.4 Å². The van der Waals surface area contributed by atoms with Gasteiger partial charge >= 0.3 is 0 Å². The van der Waals surface area contributed by atoms with Crippen LogP contribution in [0.25, 0.3) is 0 Å². The van der Waals surface area contributed by atoms with E-state index >= 15 is 0 Å². The summed E-state index contributed by atoms with van der Waals surface area (Å²) in [6.45, 7) is 0. The first kappa shape index (κ1) is 15.6. The second-order valence-electron chi connectivity index (χ2n) is 3.92. The Hall–Kier alpha value is -0.760. The average Bonchev–Trinajstić information content (AvgIpc) is 2.33. The molecule has 0 aromatic heterocycles. The fraction of sp³-hybridized carbons (Fsp3) is 0. The lowest BCUT2D eigenvalue weighted by Crippen LogP contribution is -2.14. The monoisotopic (exact) mass is 438 g/mol. The number of hydrogen-bond acceptors (Lipinski definition) is 3. The molecule has 2 aromatic rings. The molecule has 0 aliphatic heterocycles. The van der Waals surface area contributed by atoms with Gasteiger partial charge in [-0.15, -0.1) is 0 Å². The molecule has 0 aliphatic carbocycles. The fourth-order valence-corrected chi connectivity index (χ4v) is 4.55. The van der Waals surface area contributed by atoms with Crippen molar-refractivity contribution in [2.45, 2.75) is 4.90 Å². The molecule has 0 saturated heterocycles. The molecular formula is C12H9Br2ClN2O2S. The van der Waals surface area contributed by atoms with Gasteiger partial charge in [-0.25, -0.2) is 8.42 Å². The highest BCUT2D eigenvalue weighted by atomic mass is 79.9. The molecule has 20 heavy (non-hydrogen) atoms. The van der Waals surface area contributed by atoms with E-state index in [4.69, 9.17) is 17.3 Å². The minimum Gasteiger partial charge on any atom is -0.399 e. The summed E-state index contributed by atoms with van der Waals surface area (Å²) in [6, 6.07) is 9.36. The molecule has 0 bridgehead atoms. The Morgan fingerprint density at radius 3 is 2.45 bits per heavy atom. The first-order valence-electron chi connectivity index (χ1n) is 5.32. The smallest absolute Gasteiger partial charge is 0.263 e. The molecule has 0 spiro atoms. The lowest BCUT2D eigenvalue weighted by Gasteiger charge is -2.11. The molecule has 0 radical (unpaired) electrons. The Labute approximate surface area is 138 Å². The maximum atomic E-state index is 12.3. The van der Waals surface area contributed by atoms with Crippen molar-refractivity contribution >= 4 is 64.9 Å². The van der Waals surface area contributed by atoms with Crippen molar-refractivity contribution in [3.63, 3.8) is 0 Å². The quantitative estimate of drug-likeness (QED) is 0.701.